The van der Waals surface area contributed by atoms with Crippen molar-refractivity contribution >= 4 is 16.9 Å². The van der Waals surface area contributed by atoms with Crippen LogP contribution in [0.3, 0.4) is 0 Å². The summed E-state index contributed by atoms with van der Waals surface area (Å²) in [6.45, 7) is 2.16. The average Bonchev–Trinajstić information content (AvgIpc) is 2.65. The van der Waals surface area contributed by atoms with E-state index < -0.39 is 5.97 Å². The standard InChI is InChI=1S/C22H23NO4/c1-2-3-4-5-7-14-10-11-15(24)12-17(14)19-13-18(22(26)27)16-8-6-9-20(25)21(16)23-19/h6,8-13,24-25H,2-5,7H2,1H3,(H,26,27). The molecule has 5 nitrogen and oxygen atoms in total. The van der Waals surface area contributed by atoms with Crippen molar-refractivity contribution in [1.29, 1.82) is 0 Å². The van der Waals surface area contributed by atoms with Gasteiger partial charge in [0, 0.05) is 10.9 Å². The van der Waals surface area contributed by atoms with E-state index in [4.69, 9.17) is 0 Å². The maximum atomic E-state index is 11.7. The van der Waals surface area contributed by atoms with E-state index in [1.54, 1.807) is 24.3 Å². The molecular formula is C22H23NO4. The van der Waals surface area contributed by atoms with Gasteiger partial charge in [0.15, 0.2) is 0 Å². The summed E-state index contributed by atoms with van der Waals surface area (Å²) in [7, 11) is 0. The second kappa shape index (κ2) is 8.08. The lowest BCUT2D eigenvalue weighted by Crippen LogP contribution is -2.01. The van der Waals surface area contributed by atoms with E-state index >= 15 is 0 Å². The van der Waals surface area contributed by atoms with E-state index in [1.165, 1.54) is 18.6 Å². The van der Waals surface area contributed by atoms with Gasteiger partial charge in [-0.2, -0.15) is 0 Å². The number of phenols is 2. The Morgan fingerprint density at radius 3 is 2.59 bits per heavy atom. The summed E-state index contributed by atoms with van der Waals surface area (Å²) in [6.07, 6.45) is 5.26. The van der Waals surface area contributed by atoms with Crippen LogP contribution in [0.25, 0.3) is 22.2 Å². The maximum Gasteiger partial charge on any atom is 0.336 e. The van der Waals surface area contributed by atoms with Gasteiger partial charge in [-0.1, -0.05) is 44.4 Å². The van der Waals surface area contributed by atoms with Crippen LogP contribution >= 0.6 is 0 Å². The van der Waals surface area contributed by atoms with Gasteiger partial charge in [0.05, 0.1) is 11.3 Å². The first-order valence-corrected chi connectivity index (χ1v) is 9.19. The summed E-state index contributed by atoms with van der Waals surface area (Å²) in [5, 5.41) is 30.1. The first-order valence-electron chi connectivity index (χ1n) is 9.19. The van der Waals surface area contributed by atoms with Crippen LogP contribution < -0.4 is 0 Å². The second-order valence-corrected chi connectivity index (χ2v) is 6.69. The fourth-order valence-corrected chi connectivity index (χ4v) is 3.31. The zero-order valence-electron chi connectivity index (χ0n) is 15.3. The van der Waals surface area contributed by atoms with E-state index in [9.17, 15) is 20.1 Å². The first-order chi connectivity index (χ1) is 13.0. The summed E-state index contributed by atoms with van der Waals surface area (Å²) in [6, 6.07) is 11.3. The van der Waals surface area contributed by atoms with Gasteiger partial charge >= 0.3 is 5.97 Å². The Labute approximate surface area is 157 Å². The molecule has 0 radical (unpaired) electrons. The predicted octanol–water partition coefficient (Wildman–Crippen LogP) is 5.13. The number of aromatic nitrogens is 1. The molecule has 3 N–H and O–H groups in total. The van der Waals surface area contributed by atoms with E-state index in [0.29, 0.717) is 16.6 Å². The van der Waals surface area contributed by atoms with Crippen molar-refractivity contribution in [2.45, 2.75) is 39.0 Å². The van der Waals surface area contributed by atoms with Crippen LogP contribution in [0.1, 0.15) is 48.5 Å². The zero-order chi connectivity index (χ0) is 19.4. The van der Waals surface area contributed by atoms with Crippen LogP contribution in [0.5, 0.6) is 11.5 Å². The maximum absolute atomic E-state index is 11.7. The SMILES string of the molecule is CCCCCCc1ccc(O)cc1-c1cc(C(=O)O)c2cccc(O)c2n1. The molecule has 0 aliphatic heterocycles. The molecule has 3 aromatic rings. The molecule has 0 spiro atoms. The van der Waals surface area contributed by atoms with Crippen molar-refractivity contribution in [3.63, 3.8) is 0 Å². The highest BCUT2D eigenvalue weighted by Gasteiger charge is 2.17. The number of hydrogen-bond acceptors (Lipinski definition) is 4. The van der Waals surface area contributed by atoms with Gasteiger partial charge < -0.3 is 15.3 Å². The normalized spacial score (nSPS) is 11.0. The van der Waals surface area contributed by atoms with Gasteiger partial charge in [0.2, 0.25) is 0 Å². The van der Waals surface area contributed by atoms with E-state index in [2.05, 4.69) is 11.9 Å². The van der Waals surface area contributed by atoms with Gasteiger partial charge in [0.1, 0.15) is 17.0 Å². The van der Waals surface area contributed by atoms with E-state index in [1.807, 2.05) is 6.07 Å². The summed E-state index contributed by atoms with van der Waals surface area (Å²) < 4.78 is 0. The average molecular weight is 365 g/mol. The molecule has 0 amide bonds. The fourth-order valence-electron chi connectivity index (χ4n) is 3.31. The zero-order valence-corrected chi connectivity index (χ0v) is 15.3. The Balaban J connectivity index is 2.13. The lowest BCUT2D eigenvalue weighted by molar-refractivity contribution is 0.0699. The lowest BCUT2D eigenvalue weighted by atomic mass is 9.96. The number of benzene rings is 2. The molecule has 27 heavy (non-hydrogen) atoms. The minimum Gasteiger partial charge on any atom is -0.508 e. The molecule has 0 unspecified atom stereocenters. The quantitative estimate of drug-likeness (QED) is 0.505. The molecule has 5 heteroatoms. The van der Waals surface area contributed by atoms with Crippen molar-refractivity contribution in [3.8, 4) is 22.8 Å². The van der Waals surface area contributed by atoms with Crippen molar-refractivity contribution in [1.82, 2.24) is 4.98 Å². The molecule has 0 fully saturated rings. The number of aryl methyl sites for hydroxylation is 1. The van der Waals surface area contributed by atoms with Crippen LogP contribution in [-0.4, -0.2) is 26.3 Å². The van der Waals surface area contributed by atoms with Gasteiger partial charge in [-0.25, -0.2) is 9.78 Å². The number of nitrogens with zero attached hydrogens (tertiary/aromatic N) is 1. The number of aromatic hydroxyl groups is 2. The Morgan fingerprint density at radius 2 is 1.85 bits per heavy atom. The third-order valence-electron chi connectivity index (χ3n) is 4.72. The third kappa shape index (κ3) is 4.03. The fraction of sp³-hybridized carbons (Fsp3) is 0.273. The molecule has 0 atom stereocenters. The van der Waals surface area contributed by atoms with Crippen LogP contribution in [0, 0.1) is 0 Å². The summed E-state index contributed by atoms with van der Waals surface area (Å²) in [5.74, 6) is -1.06. The number of aromatic carboxylic acids is 1. The number of unbranched alkanes of at least 4 members (excludes halogenated alkanes) is 3. The van der Waals surface area contributed by atoms with Crippen molar-refractivity contribution in [2.24, 2.45) is 0 Å². The van der Waals surface area contributed by atoms with E-state index in [-0.39, 0.29) is 22.6 Å². The Bertz CT molecular complexity index is 981. The molecule has 0 aliphatic rings. The van der Waals surface area contributed by atoms with Gasteiger partial charge in [-0.15, -0.1) is 0 Å². The Morgan fingerprint density at radius 1 is 1.04 bits per heavy atom. The van der Waals surface area contributed by atoms with Crippen LogP contribution in [0.4, 0.5) is 0 Å². The number of carbonyl (C=O) groups is 1. The minimum atomic E-state index is -1.08. The lowest BCUT2D eigenvalue weighted by Gasteiger charge is -2.13. The highest BCUT2D eigenvalue weighted by Crippen LogP contribution is 2.33. The molecule has 0 bridgehead atoms. The van der Waals surface area contributed by atoms with Crippen LogP contribution in [0.15, 0.2) is 42.5 Å². The highest BCUT2D eigenvalue weighted by molar-refractivity contribution is 6.05. The smallest absolute Gasteiger partial charge is 0.336 e. The summed E-state index contributed by atoms with van der Waals surface area (Å²) in [5.41, 5.74) is 2.45. The third-order valence-corrected chi connectivity index (χ3v) is 4.72. The molecule has 0 saturated heterocycles. The number of fused-ring (bicyclic) bond motifs is 1. The number of rotatable bonds is 7. The van der Waals surface area contributed by atoms with Crippen molar-refractivity contribution in [2.75, 3.05) is 0 Å². The summed E-state index contributed by atoms with van der Waals surface area (Å²) in [4.78, 5) is 16.3. The molecule has 3 rings (SSSR count). The highest BCUT2D eigenvalue weighted by atomic mass is 16.4. The van der Waals surface area contributed by atoms with Crippen molar-refractivity contribution < 1.29 is 20.1 Å². The molecular weight excluding hydrogens is 342 g/mol. The number of phenolic OH excluding ortho intramolecular Hbond substituents is 2. The van der Waals surface area contributed by atoms with Crippen molar-refractivity contribution in [3.05, 3.63) is 53.6 Å². The van der Waals surface area contributed by atoms with Gasteiger partial charge in [-0.3, -0.25) is 0 Å². The van der Waals surface area contributed by atoms with Gasteiger partial charge in [-0.05, 0) is 42.7 Å². The largest absolute Gasteiger partial charge is 0.508 e. The van der Waals surface area contributed by atoms with E-state index in [0.717, 1.165) is 31.2 Å². The number of carboxylic acid groups (broad SMARTS) is 1. The number of para-hydroxylation sites is 1. The number of carboxylic acids is 1. The summed E-state index contributed by atoms with van der Waals surface area (Å²) >= 11 is 0. The second-order valence-electron chi connectivity index (χ2n) is 6.69. The van der Waals surface area contributed by atoms with Crippen LogP contribution in [0.2, 0.25) is 0 Å². The Hall–Kier alpha value is -3.08. The molecule has 140 valence electrons. The first kappa shape index (κ1) is 18.7. The molecule has 0 saturated carbocycles. The number of hydrogen-bond donors (Lipinski definition) is 3. The monoisotopic (exact) mass is 365 g/mol. The Kier molecular flexibility index (Phi) is 5.60. The molecule has 2 aromatic carbocycles. The topological polar surface area (TPSA) is 90.7 Å². The molecule has 0 aliphatic carbocycles. The predicted molar refractivity (Wildman–Crippen MR) is 105 cm³/mol. The molecule has 1 aromatic heterocycles. The molecule has 1 heterocycles. The minimum absolute atomic E-state index is 0.0681. The number of pyridine rings is 1. The van der Waals surface area contributed by atoms with Crippen LogP contribution in [-0.2, 0) is 6.42 Å². The van der Waals surface area contributed by atoms with Gasteiger partial charge in [0.25, 0.3) is 0 Å².